The predicted octanol–water partition coefficient (Wildman–Crippen LogP) is 2.41. The Bertz CT molecular complexity index is 755. The molecule has 1 heterocycles. The van der Waals surface area contributed by atoms with Crippen molar-refractivity contribution >= 4 is 5.96 Å². The van der Waals surface area contributed by atoms with E-state index in [-0.39, 0.29) is 0 Å². The molecule has 0 aliphatic rings. The number of rotatable bonds is 9. The van der Waals surface area contributed by atoms with E-state index in [4.69, 9.17) is 9.47 Å². The summed E-state index contributed by atoms with van der Waals surface area (Å²) >= 11 is 0. The van der Waals surface area contributed by atoms with Gasteiger partial charge in [-0.1, -0.05) is 18.2 Å². The van der Waals surface area contributed by atoms with Gasteiger partial charge < -0.3 is 20.1 Å². The smallest absolute Gasteiger partial charge is 0.191 e. The molecule has 2 aromatic rings. The summed E-state index contributed by atoms with van der Waals surface area (Å²) in [5.41, 5.74) is 4.45. The van der Waals surface area contributed by atoms with Gasteiger partial charge in [-0.25, -0.2) is 0 Å². The summed E-state index contributed by atoms with van der Waals surface area (Å²) in [5.74, 6) is 1.64. The Hall–Kier alpha value is -2.54. The predicted molar refractivity (Wildman–Crippen MR) is 108 cm³/mol. The number of methoxy groups -OCH3 is 1. The van der Waals surface area contributed by atoms with Crippen LogP contribution >= 0.6 is 0 Å². The molecule has 0 radical (unpaired) electrons. The van der Waals surface area contributed by atoms with E-state index in [2.05, 4.69) is 33.7 Å². The average molecular weight is 374 g/mol. The van der Waals surface area contributed by atoms with Crippen LogP contribution in [0.3, 0.4) is 0 Å². The second-order valence-corrected chi connectivity index (χ2v) is 6.19. The molecule has 0 aliphatic carbocycles. The Kier molecular flexibility index (Phi) is 8.13. The van der Waals surface area contributed by atoms with Crippen LogP contribution in [0.1, 0.15) is 29.4 Å². The summed E-state index contributed by atoms with van der Waals surface area (Å²) in [7, 11) is 3.47. The van der Waals surface area contributed by atoms with E-state index in [9.17, 15) is 0 Å². The van der Waals surface area contributed by atoms with Crippen molar-refractivity contribution in [2.45, 2.75) is 40.4 Å². The van der Waals surface area contributed by atoms with Crippen LogP contribution in [0.25, 0.3) is 0 Å². The minimum absolute atomic E-state index is 0.640. The second kappa shape index (κ2) is 10.6. The molecule has 0 fully saturated rings. The van der Waals surface area contributed by atoms with Gasteiger partial charge in [0.2, 0.25) is 0 Å². The van der Waals surface area contributed by atoms with E-state index in [1.165, 1.54) is 5.56 Å². The van der Waals surface area contributed by atoms with E-state index in [1.807, 2.05) is 36.7 Å². The SMILES string of the molecule is CCOc1ccccc1CNC(=NC)NCc1c(C)nn(CCOC)c1C. The van der Waals surface area contributed by atoms with Crippen molar-refractivity contribution in [2.24, 2.45) is 4.99 Å². The quantitative estimate of drug-likeness (QED) is 0.522. The van der Waals surface area contributed by atoms with E-state index in [1.54, 1.807) is 14.2 Å². The first-order valence-electron chi connectivity index (χ1n) is 9.27. The average Bonchev–Trinajstić information content (AvgIpc) is 2.95. The third-order valence-electron chi connectivity index (χ3n) is 4.41. The van der Waals surface area contributed by atoms with Crippen LogP contribution in [0.2, 0.25) is 0 Å². The molecule has 2 N–H and O–H groups in total. The van der Waals surface area contributed by atoms with Gasteiger partial charge in [0.15, 0.2) is 5.96 Å². The highest BCUT2D eigenvalue weighted by molar-refractivity contribution is 5.79. The zero-order valence-electron chi connectivity index (χ0n) is 17.0. The molecular weight excluding hydrogens is 342 g/mol. The van der Waals surface area contributed by atoms with Gasteiger partial charge in [-0.05, 0) is 26.8 Å². The number of aryl methyl sites for hydroxylation is 1. The fourth-order valence-corrected chi connectivity index (χ4v) is 2.90. The van der Waals surface area contributed by atoms with E-state index >= 15 is 0 Å². The summed E-state index contributed by atoms with van der Waals surface area (Å²) in [6.45, 7) is 9.46. The molecule has 7 heteroatoms. The van der Waals surface area contributed by atoms with Gasteiger partial charge >= 0.3 is 0 Å². The Morgan fingerprint density at radius 3 is 2.63 bits per heavy atom. The molecule has 1 aromatic carbocycles. The highest BCUT2D eigenvalue weighted by Crippen LogP contribution is 2.17. The molecule has 2 rings (SSSR count). The molecule has 0 saturated carbocycles. The molecule has 0 atom stereocenters. The molecule has 1 aromatic heterocycles. The number of hydrogen-bond donors (Lipinski definition) is 2. The Balaban J connectivity index is 1.96. The van der Waals surface area contributed by atoms with Crippen molar-refractivity contribution < 1.29 is 9.47 Å². The van der Waals surface area contributed by atoms with Gasteiger partial charge in [0, 0.05) is 44.1 Å². The Morgan fingerprint density at radius 2 is 1.93 bits per heavy atom. The summed E-state index contributed by atoms with van der Waals surface area (Å²) < 4.78 is 12.8. The molecule has 27 heavy (non-hydrogen) atoms. The minimum Gasteiger partial charge on any atom is -0.494 e. The summed E-state index contributed by atoms with van der Waals surface area (Å²) in [6, 6.07) is 8.03. The van der Waals surface area contributed by atoms with Gasteiger partial charge in [-0.2, -0.15) is 5.10 Å². The number of benzene rings is 1. The van der Waals surface area contributed by atoms with Crippen LogP contribution in [0.4, 0.5) is 0 Å². The fraction of sp³-hybridized carbons (Fsp3) is 0.500. The molecule has 0 unspecified atom stereocenters. The van der Waals surface area contributed by atoms with E-state index in [0.29, 0.717) is 26.3 Å². The number of nitrogens with one attached hydrogen (secondary N) is 2. The van der Waals surface area contributed by atoms with Gasteiger partial charge in [-0.15, -0.1) is 0 Å². The maximum absolute atomic E-state index is 5.68. The lowest BCUT2D eigenvalue weighted by molar-refractivity contribution is 0.182. The molecule has 0 spiro atoms. The zero-order chi connectivity index (χ0) is 19.6. The normalized spacial score (nSPS) is 11.5. The van der Waals surface area contributed by atoms with E-state index < -0.39 is 0 Å². The highest BCUT2D eigenvalue weighted by atomic mass is 16.5. The third kappa shape index (κ3) is 5.72. The van der Waals surface area contributed by atoms with Gasteiger partial charge in [0.25, 0.3) is 0 Å². The summed E-state index contributed by atoms with van der Waals surface area (Å²) in [4.78, 5) is 4.32. The zero-order valence-corrected chi connectivity index (χ0v) is 17.0. The van der Waals surface area contributed by atoms with Crippen molar-refractivity contribution in [1.29, 1.82) is 0 Å². The summed E-state index contributed by atoms with van der Waals surface area (Å²) in [5, 5.41) is 11.3. The number of aliphatic imine (C=N–C) groups is 1. The number of nitrogens with zero attached hydrogens (tertiary/aromatic N) is 3. The lowest BCUT2D eigenvalue weighted by Gasteiger charge is -2.14. The van der Waals surface area contributed by atoms with Gasteiger partial charge in [-0.3, -0.25) is 9.67 Å². The minimum atomic E-state index is 0.640. The molecule has 148 valence electrons. The standard InChI is InChI=1S/C20H31N5O2/c1-6-27-19-10-8-7-9-17(19)13-22-20(21-4)23-14-18-15(2)24-25(16(18)3)11-12-26-5/h7-10H,6,11-14H2,1-5H3,(H2,21,22,23). The first-order valence-corrected chi connectivity index (χ1v) is 9.27. The lowest BCUT2D eigenvalue weighted by atomic mass is 10.2. The van der Waals surface area contributed by atoms with Crippen molar-refractivity contribution in [3.63, 3.8) is 0 Å². The molecule has 0 bridgehead atoms. The summed E-state index contributed by atoms with van der Waals surface area (Å²) in [6.07, 6.45) is 0. The number of ether oxygens (including phenoxy) is 2. The number of hydrogen-bond acceptors (Lipinski definition) is 4. The maximum atomic E-state index is 5.68. The van der Waals surface area contributed by atoms with Crippen LogP contribution in [-0.2, 0) is 24.4 Å². The van der Waals surface area contributed by atoms with Crippen LogP contribution in [-0.4, -0.2) is 43.1 Å². The first kappa shape index (κ1) is 20.8. The molecular formula is C20H31N5O2. The maximum Gasteiger partial charge on any atom is 0.191 e. The Labute approximate surface area is 161 Å². The fourth-order valence-electron chi connectivity index (χ4n) is 2.90. The molecule has 7 nitrogen and oxygen atoms in total. The molecule has 0 aliphatic heterocycles. The van der Waals surface area contributed by atoms with Crippen molar-refractivity contribution in [3.8, 4) is 5.75 Å². The van der Waals surface area contributed by atoms with Crippen molar-refractivity contribution in [2.75, 3.05) is 27.4 Å². The number of guanidine groups is 1. The van der Waals surface area contributed by atoms with Crippen LogP contribution in [0.15, 0.2) is 29.3 Å². The largest absolute Gasteiger partial charge is 0.494 e. The second-order valence-electron chi connectivity index (χ2n) is 6.19. The van der Waals surface area contributed by atoms with Crippen LogP contribution in [0, 0.1) is 13.8 Å². The molecule has 0 amide bonds. The third-order valence-corrected chi connectivity index (χ3v) is 4.41. The van der Waals surface area contributed by atoms with E-state index in [0.717, 1.165) is 35.2 Å². The van der Waals surface area contributed by atoms with Crippen molar-refractivity contribution in [3.05, 3.63) is 46.8 Å². The lowest BCUT2D eigenvalue weighted by Crippen LogP contribution is -2.36. The monoisotopic (exact) mass is 373 g/mol. The van der Waals surface area contributed by atoms with Crippen molar-refractivity contribution in [1.82, 2.24) is 20.4 Å². The van der Waals surface area contributed by atoms with Gasteiger partial charge in [0.05, 0.1) is 25.5 Å². The Morgan fingerprint density at radius 1 is 1.19 bits per heavy atom. The number of para-hydroxylation sites is 1. The molecule has 0 saturated heterocycles. The first-order chi connectivity index (χ1) is 13.1. The van der Waals surface area contributed by atoms with Crippen LogP contribution in [0.5, 0.6) is 5.75 Å². The number of aromatic nitrogens is 2. The topological polar surface area (TPSA) is 72.7 Å². The highest BCUT2D eigenvalue weighted by Gasteiger charge is 2.12. The van der Waals surface area contributed by atoms with Crippen LogP contribution < -0.4 is 15.4 Å². The van der Waals surface area contributed by atoms with Gasteiger partial charge in [0.1, 0.15) is 5.75 Å².